The molecule has 1 aliphatic rings. The zero-order valence-electron chi connectivity index (χ0n) is 13.0. The molecule has 1 aliphatic carbocycles. The van der Waals surface area contributed by atoms with E-state index in [1.54, 1.807) is 6.20 Å². The van der Waals surface area contributed by atoms with Crippen molar-refractivity contribution in [1.29, 1.82) is 0 Å². The number of fused-ring (bicyclic) bond motifs is 1. The van der Waals surface area contributed by atoms with Crippen molar-refractivity contribution in [3.05, 3.63) is 64.4 Å². The van der Waals surface area contributed by atoms with Gasteiger partial charge in [0.1, 0.15) is 6.61 Å². The normalized spacial score (nSPS) is 19.2. The maximum absolute atomic E-state index is 11.9. The summed E-state index contributed by atoms with van der Waals surface area (Å²) in [4.78, 5) is 16.3. The van der Waals surface area contributed by atoms with Gasteiger partial charge in [-0.3, -0.25) is 4.98 Å². The van der Waals surface area contributed by atoms with E-state index in [4.69, 9.17) is 16.3 Å². The fourth-order valence-electron chi connectivity index (χ4n) is 3.01. The number of halogens is 1. The van der Waals surface area contributed by atoms with Gasteiger partial charge in [0.05, 0.1) is 5.02 Å². The number of ether oxygens (including phenoxy) is 1. The largest absolute Gasteiger partial charge is 0.445 e. The van der Waals surface area contributed by atoms with Crippen LogP contribution in [0.15, 0.2) is 42.6 Å². The van der Waals surface area contributed by atoms with E-state index in [-0.39, 0.29) is 12.5 Å². The number of hydrogen-bond donors (Lipinski definition) is 1. The van der Waals surface area contributed by atoms with E-state index >= 15 is 0 Å². The average molecular weight is 331 g/mol. The molecule has 0 radical (unpaired) electrons. The number of nitrogens with zero attached hydrogens (tertiary/aromatic N) is 1. The van der Waals surface area contributed by atoms with Gasteiger partial charge in [-0.1, -0.05) is 48.9 Å². The highest BCUT2D eigenvalue weighted by molar-refractivity contribution is 6.30. The number of aromatic nitrogens is 1. The predicted octanol–water partition coefficient (Wildman–Crippen LogP) is 3.94. The van der Waals surface area contributed by atoms with Crippen molar-refractivity contribution in [1.82, 2.24) is 10.3 Å². The topological polar surface area (TPSA) is 51.2 Å². The van der Waals surface area contributed by atoms with E-state index < -0.39 is 6.09 Å². The van der Waals surface area contributed by atoms with Crippen LogP contribution in [0.3, 0.4) is 0 Å². The molecule has 0 unspecified atom stereocenters. The summed E-state index contributed by atoms with van der Waals surface area (Å²) in [6.45, 7) is 2.96. The summed E-state index contributed by atoms with van der Waals surface area (Å²) >= 11 is 5.99. The molecule has 1 heterocycles. The summed E-state index contributed by atoms with van der Waals surface area (Å²) < 4.78 is 5.24. The Kier molecular flexibility index (Phi) is 4.82. The van der Waals surface area contributed by atoms with Crippen LogP contribution in [-0.2, 0) is 17.8 Å². The summed E-state index contributed by atoms with van der Waals surface area (Å²) in [7, 11) is 0. The highest BCUT2D eigenvalue weighted by Crippen LogP contribution is 2.36. The van der Waals surface area contributed by atoms with E-state index in [0.717, 1.165) is 17.7 Å². The SMILES string of the molecule is C[C@H]1Cc2cc(Cl)cnc2[C@@H]1CNC(=O)OCc1ccccc1. The molecule has 1 aromatic carbocycles. The number of amides is 1. The zero-order valence-corrected chi connectivity index (χ0v) is 13.7. The van der Waals surface area contributed by atoms with Crippen molar-refractivity contribution >= 4 is 17.7 Å². The fourth-order valence-corrected chi connectivity index (χ4v) is 3.19. The van der Waals surface area contributed by atoms with Gasteiger partial charge in [0.2, 0.25) is 0 Å². The molecule has 0 saturated carbocycles. The predicted molar refractivity (Wildman–Crippen MR) is 89.5 cm³/mol. The summed E-state index contributed by atoms with van der Waals surface area (Å²) in [6.07, 6.45) is 2.21. The second-order valence-electron chi connectivity index (χ2n) is 5.93. The van der Waals surface area contributed by atoms with Gasteiger partial charge >= 0.3 is 6.09 Å². The Balaban J connectivity index is 1.53. The van der Waals surface area contributed by atoms with Gasteiger partial charge in [-0.15, -0.1) is 0 Å². The van der Waals surface area contributed by atoms with Crippen LogP contribution >= 0.6 is 11.6 Å². The monoisotopic (exact) mass is 330 g/mol. The lowest BCUT2D eigenvalue weighted by molar-refractivity contribution is 0.138. The number of carbonyl (C=O) groups is 1. The third-order valence-corrected chi connectivity index (χ3v) is 4.43. The van der Waals surface area contributed by atoms with Gasteiger partial charge in [0.25, 0.3) is 0 Å². The smallest absolute Gasteiger partial charge is 0.407 e. The molecule has 1 amide bonds. The molecule has 1 aromatic heterocycles. The lowest BCUT2D eigenvalue weighted by Crippen LogP contribution is -2.30. The minimum absolute atomic E-state index is 0.201. The first kappa shape index (κ1) is 15.8. The molecule has 0 fully saturated rings. The van der Waals surface area contributed by atoms with Crippen LogP contribution in [-0.4, -0.2) is 17.6 Å². The molecule has 5 heteroatoms. The fraction of sp³-hybridized carbons (Fsp3) is 0.333. The van der Waals surface area contributed by atoms with Crippen molar-refractivity contribution in [2.75, 3.05) is 6.54 Å². The van der Waals surface area contributed by atoms with Gasteiger partial charge in [-0.05, 0) is 29.5 Å². The molecule has 0 saturated heterocycles. The number of hydrogen-bond acceptors (Lipinski definition) is 3. The highest BCUT2D eigenvalue weighted by atomic mass is 35.5. The number of carbonyl (C=O) groups excluding carboxylic acids is 1. The minimum atomic E-state index is -0.400. The first-order valence-corrected chi connectivity index (χ1v) is 8.10. The van der Waals surface area contributed by atoms with Gasteiger partial charge in [0.15, 0.2) is 0 Å². The van der Waals surface area contributed by atoms with Crippen LogP contribution in [0.25, 0.3) is 0 Å². The molecule has 0 bridgehead atoms. The third-order valence-electron chi connectivity index (χ3n) is 4.23. The molecule has 2 atom stereocenters. The molecule has 0 aliphatic heterocycles. The van der Waals surface area contributed by atoms with Gasteiger partial charge in [0, 0.05) is 24.4 Å². The van der Waals surface area contributed by atoms with Crippen LogP contribution in [0.4, 0.5) is 4.79 Å². The van der Waals surface area contributed by atoms with E-state index in [2.05, 4.69) is 17.2 Å². The number of benzene rings is 1. The Labute approximate surface area is 140 Å². The molecular formula is C18H19ClN2O2. The van der Waals surface area contributed by atoms with Crippen molar-refractivity contribution in [3.63, 3.8) is 0 Å². The maximum Gasteiger partial charge on any atom is 0.407 e. The third kappa shape index (κ3) is 3.82. The molecule has 120 valence electrons. The van der Waals surface area contributed by atoms with Crippen molar-refractivity contribution in [2.45, 2.75) is 25.9 Å². The molecule has 2 aromatic rings. The van der Waals surface area contributed by atoms with Gasteiger partial charge in [-0.25, -0.2) is 4.79 Å². The maximum atomic E-state index is 11.9. The first-order valence-electron chi connectivity index (χ1n) is 7.72. The number of alkyl carbamates (subject to hydrolysis) is 1. The van der Waals surface area contributed by atoms with Gasteiger partial charge < -0.3 is 10.1 Å². The quantitative estimate of drug-likeness (QED) is 0.923. The summed E-state index contributed by atoms with van der Waals surface area (Å²) in [5, 5.41) is 3.51. The molecule has 1 N–H and O–H groups in total. The number of nitrogens with one attached hydrogen (secondary N) is 1. The molecular weight excluding hydrogens is 312 g/mol. The zero-order chi connectivity index (χ0) is 16.2. The minimum Gasteiger partial charge on any atom is -0.445 e. The lowest BCUT2D eigenvalue weighted by atomic mass is 9.97. The standard InChI is InChI=1S/C18H19ClN2O2/c1-12-7-14-8-15(19)9-20-17(14)16(12)10-21-18(22)23-11-13-5-3-2-4-6-13/h2-6,8-9,12,16H,7,10-11H2,1H3,(H,21,22)/t12-,16+/m0/s1. The Bertz CT molecular complexity index is 691. The van der Waals surface area contributed by atoms with Crippen LogP contribution in [0, 0.1) is 5.92 Å². The first-order chi connectivity index (χ1) is 11.1. The van der Waals surface area contributed by atoms with E-state index in [9.17, 15) is 4.79 Å². The second kappa shape index (κ2) is 7.01. The summed E-state index contributed by atoms with van der Waals surface area (Å²) in [5.74, 6) is 0.622. The van der Waals surface area contributed by atoms with Crippen molar-refractivity contribution in [2.24, 2.45) is 5.92 Å². The van der Waals surface area contributed by atoms with Crippen LogP contribution in [0.2, 0.25) is 5.02 Å². The summed E-state index contributed by atoms with van der Waals surface area (Å²) in [5.41, 5.74) is 3.18. The molecule has 23 heavy (non-hydrogen) atoms. The number of pyridine rings is 1. The van der Waals surface area contributed by atoms with Crippen LogP contribution in [0.5, 0.6) is 0 Å². The highest BCUT2D eigenvalue weighted by Gasteiger charge is 2.31. The van der Waals surface area contributed by atoms with Gasteiger partial charge in [-0.2, -0.15) is 0 Å². The molecule has 3 rings (SSSR count). The van der Waals surface area contributed by atoms with Crippen molar-refractivity contribution in [3.8, 4) is 0 Å². The number of rotatable bonds is 4. The van der Waals surface area contributed by atoms with E-state index in [1.807, 2.05) is 36.4 Å². The van der Waals surface area contributed by atoms with E-state index in [1.165, 1.54) is 5.56 Å². The second-order valence-corrected chi connectivity index (χ2v) is 6.36. The molecule has 0 spiro atoms. The average Bonchev–Trinajstić information content (AvgIpc) is 2.86. The lowest BCUT2D eigenvalue weighted by Gasteiger charge is -2.16. The summed E-state index contributed by atoms with van der Waals surface area (Å²) in [6, 6.07) is 11.6. The van der Waals surface area contributed by atoms with Crippen LogP contribution < -0.4 is 5.32 Å². The van der Waals surface area contributed by atoms with E-state index in [0.29, 0.717) is 17.5 Å². The Morgan fingerprint density at radius 2 is 2.17 bits per heavy atom. The Hall–Kier alpha value is -2.07. The van der Waals surface area contributed by atoms with Crippen molar-refractivity contribution < 1.29 is 9.53 Å². The Morgan fingerprint density at radius 3 is 2.96 bits per heavy atom. The van der Waals surface area contributed by atoms with Crippen LogP contribution in [0.1, 0.15) is 29.7 Å². The Morgan fingerprint density at radius 1 is 1.39 bits per heavy atom. The molecule has 4 nitrogen and oxygen atoms in total.